The first kappa shape index (κ1) is 12.2. The third-order valence-electron chi connectivity index (χ3n) is 2.08. The summed E-state index contributed by atoms with van der Waals surface area (Å²) in [7, 11) is 1.48. The van der Waals surface area contributed by atoms with Gasteiger partial charge in [-0.25, -0.2) is 0 Å². The van der Waals surface area contributed by atoms with E-state index in [2.05, 4.69) is 4.72 Å². The van der Waals surface area contributed by atoms with E-state index in [1.165, 1.54) is 0 Å². The molecule has 3 nitrogen and oxygen atoms in total. The molecule has 0 aromatic rings. The van der Waals surface area contributed by atoms with Crippen LogP contribution in [0.3, 0.4) is 0 Å². The zero-order valence-corrected chi connectivity index (χ0v) is 9.24. The summed E-state index contributed by atoms with van der Waals surface area (Å²) in [6.07, 6.45) is 1.91. The average molecular weight is 214 g/mol. The highest BCUT2D eigenvalue weighted by molar-refractivity contribution is 8.12. The van der Waals surface area contributed by atoms with E-state index in [-0.39, 0.29) is 6.04 Å². The second kappa shape index (κ2) is 5.04. The van der Waals surface area contributed by atoms with Gasteiger partial charge in [0.15, 0.2) is 0 Å². The topological polar surface area (TPSA) is 46.2 Å². The summed E-state index contributed by atoms with van der Waals surface area (Å²) in [5.74, 6) is 0.360. The maximum absolute atomic E-state index is 10.6. The third-order valence-corrected chi connectivity index (χ3v) is 3.00. The molecule has 0 saturated heterocycles. The lowest BCUT2D eigenvalue weighted by Gasteiger charge is -2.20. The van der Waals surface area contributed by atoms with Crippen molar-refractivity contribution in [2.75, 3.05) is 0 Å². The normalized spacial score (nSPS) is 15.1. The predicted octanol–water partition coefficient (Wildman–Crippen LogP) is 1.88. The molecular weight excluding hydrogens is 198 g/mol. The average Bonchev–Trinajstić information content (AvgIpc) is 1.85. The molecule has 1 N–H and O–H groups in total. The Labute approximate surface area is 79.0 Å². The number of nitrogens with one attached hydrogen (secondary N) is 1. The van der Waals surface area contributed by atoms with Crippen molar-refractivity contribution >= 4 is 19.9 Å². The van der Waals surface area contributed by atoms with Crippen LogP contribution in [0, 0.1) is 5.92 Å². The van der Waals surface area contributed by atoms with Gasteiger partial charge in [-0.15, -0.1) is 0 Å². The molecule has 0 fully saturated rings. The zero-order chi connectivity index (χ0) is 9.78. The van der Waals surface area contributed by atoms with Gasteiger partial charge in [0.1, 0.15) is 0 Å². The maximum Gasteiger partial charge on any atom is 0.297 e. The lowest BCUT2D eigenvalue weighted by atomic mass is 9.96. The Kier molecular flexibility index (Phi) is 5.13. The van der Waals surface area contributed by atoms with Crippen LogP contribution in [0.15, 0.2) is 0 Å². The number of halogens is 1. The molecule has 0 aliphatic rings. The highest BCUT2D eigenvalue weighted by Crippen LogP contribution is 2.13. The molecule has 0 radical (unpaired) electrons. The molecule has 1 unspecified atom stereocenters. The van der Waals surface area contributed by atoms with E-state index in [0.717, 1.165) is 12.8 Å². The van der Waals surface area contributed by atoms with E-state index in [4.69, 9.17) is 10.7 Å². The minimum absolute atomic E-state index is 0.0810. The van der Waals surface area contributed by atoms with Crippen molar-refractivity contribution in [3.05, 3.63) is 0 Å². The molecule has 0 aliphatic heterocycles. The van der Waals surface area contributed by atoms with Crippen molar-refractivity contribution in [3.63, 3.8) is 0 Å². The molecule has 74 valence electrons. The largest absolute Gasteiger partial charge is 0.297 e. The molecule has 0 rings (SSSR count). The maximum atomic E-state index is 10.6. The van der Waals surface area contributed by atoms with E-state index < -0.39 is 9.24 Å². The Bertz CT molecular complexity index is 211. The van der Waals surface area contributed by atoms with Gasteiger partial charge in [-0.3, -0.25) is 0 Å². The zero-order valence-electron chi connectivity index (χ0n) is 7.67. The summed E-state index contributed by atoms with van der Waals surface area (Å²) >= 11 is 0. The Morgan fingerprint density at radius 1 is 1.33 bits per heavy atom. The fourth-order valence-electron chi connectivity index (χ4n) is 1.31. The molecule has 0 spiro atoms. The van der Waals surface area contributed by atoms with E-state index in [9.17, 15) is 8.42 Å². The quantitative estimate of drug-likeness (QED) is 0.709. The Hall–Kier alpha value is 0.200. The summed E-state index contributed by atoms with van der Waals surface area (Å²) in [5.41, 5.74) is 0. The lowest BCUT2D eigenvalue weighted by molar-refractivity contribution is 0.393. The highest BCUT2D eigenvalue weighted by atomic mass is 35.7. The fourth-order valence-corrected chi connectivity index (χ4v) is 2.37. The van der Waals surface area contributed by atoms with E-state index >= 15 is 0 Å². The first-order valence-electron chi connectivity index (χ1n) is 4.12. The summed E-state index contributed by atoms with van der Waals surface area (Å²) in [4.78, 5) is 0. The first-order valence-corrected chi connectivity index (χ1v) is 6.43. The third kappa shape index (κ3) is 4.95. The molecule has 5 heteroatoms. The van der Waals surface area contributed by atoms with Crippen LogP contribution in [0.5, 0.6) is 0 Å². The van der Waals surface area contributed by atoms with Crippen molar-refractivity contribution in [2.24, 2.45) is 5.92 Å². The Morgan fingerprint density at radius 3 is 2.00 bits per heavy atom. The molecular formula is C7H16ClNO2S. The predicted molar refractivity (Wildman–Crippen MR) is 51.4 cm³/mol. The van der Waals surface area contributed by atoms with Crippen molar-refractivity contribution in [3.8, 4) is 0 Å². The standard InChI is InChI=1S/C7H16ClNO2S/c1-4-7(5-2)6(3)9-12(8,10)11/h6-7,9H,4-5H2,1-3H3. The van der Waals surface area contributed by atoms with Gasteiger partial charge in [-0.2, -0.15) is 13.1 Å². The van der Waals surface area contributed by atoms with Crippen molar-refractivity contribution in [1.82, 2.24) is 4.72 Å². The van der Waals surface area contributed by atoms with Crippen LogP contribution in [-0.2, 0) is 9.24 Å². The monoisotopic (exact) mass is 213 g/mol. The van der Waals surface area contributed by atoms with E-state index in [1.807, 2.05) is 20.8 Å². The van der Waals surface area contributed by atoms with Gasteiger partial charge >= 0.3 is 0 Å². The molecule has 0 heterocycles. The van der Waals surface area contributed by atoms with Crippen molar-refractivity contribution in [2.45, 2.75) is 39.7 Å². The Morgan fingerprint density at radius 2 is 1.75 bits per heavy atom. The second-order valence-corrected chi connectivity index (χ2v) is 5.25. The van der Waals surface area contributed by atoms with E-state index in [0.29, 0.717) is 5.92 Å². The second-order valence-electron chi connectivity index (χ2n) is 2.92. The SMILES string of the molecule is CCC(CC)C(C)NS(=O)(=O)Cl. The molecule has 0 amide bonds. The molecule has 0 aromatic carbocycles. The van der Waals surface area contributed by atoms with Crippen LogP contribution in [0.25, 0.3) is 0 Å². The number of hydrogen-bond donors (Lipinski definition) is 1. The minimum Gasteiger partial charge on any atom is -0.199 e. The van der Waals surface area contributed by atoms with Gasteiger partial charge < -0.3 is 0 Å². The van der Waals surface area contributed by atoms with Crippen LogP contribution in [0.2, 0.25) is 0 Å². The molecule has 0 bridgehead atoms. The summed E-state index contributed by atoms with van der Waals surface area (Å²) in [6, 6.07) is -0.0810. The number of rotatable bonds is 5. The van der Waals surface area contributed by atoms with Crippen LogP contribution in [0.1, 0.15) is 33.6 Å². The fraction of sp³-hybridized carbons (Fsp3) is 1.00. The van der Waals surface area contributed by atoms with Gasteiger partial charge in [0.05, 0.1) is 0 Å². The van der Waals surface area contributed by atoms with Crippen molar-refractivity contribution < 1.29 is 8.42 Å². The van der Waals surface area contributed by atoms with Gasteiger partial charge in [0, 0.05) is 16.7 Å². The van der Waals surface area contributed by atoms with Gasteiger partial charge in [0.2, 0.25) is 0 Å². The smallest absolute Gasteiger partial charge is 0.199 e. The minimum atomic E-state index is -3.57. The van der Waals surface area contributed by atoms with Crippen LogP contribution in [0.4, 0.5) is 0 Å². The molecule has 0 saturated carbocycles. The summed E-state index contributed by atoms with van der Waals surface area (Å²) in [6.45, 7) is 5.90. The highest BCUT2D eigenvalue weighted by Gasteiger charge is 2.17. The summed E-state index contributed by atoms with van der Waals surface area (Å²) < 4.78 is 23.6. The lowest BCUT2D eigenvalue weighted by Crippen LogP contribution is -2.35. The van der Waals surface area contributed by atoms with Gasteiger partial charge in [-0.05, 0) is 12.8 Å². The Balaban J connectivity index is 4.10. The number of hydrogen-bond acceptors (Lipinski definition) is 2. The summed E-state index contributed by atoms with van der Waals surface area (Å²) in [5, 5.41) is 0. The molecule has 12 heavy (non-hydrogen) atoms. The van der Waals surface area contributed by atoms with E-state index in [1.54, 1.807) is 0 Å². The molecule has 1 atom stereocenters. The first-order chi connectivity index (χ1) is 5.40. The van der Waals surface area contributed by atoms with Crippen LogP contribution in [-0.4, -0.2) is 14.5 Å². The van der Waals surface area contributed by atoms with Crippen LogP contribution >= 0.6 is 10.7 Å². The van der Waals surface area contributed by atoms with Crippen LogP contribution < -0.4 is 4.72 Å². The van der Waals surface area contributed by atoms with Gasteiger partial charge in [-0.1, -0.05) is 26.7 Å². The molecule has 0 aliphatic carbocycles. The molecule has 0 aromatic heterocycles. The van der Waals surface area contributed by atoms with Crippen molar-refractivity contribution in [1.29, 1.82) is 0 Å². The van der Waals surface area contributed by atoms with Gasteiger partial charge in [0.25, 0.3) is 9.24 Å².